The molecule has 4 rings (SSSR count). The SMILES string of the molecule is CNC(C)C1CCN(c2c(F)cc3c(=O)[nH]c(=O)n(C4CC4)c3c2C)C1. The Bertz CT molecular complexity index is 976. The molecule has 1 saturated heterocycles. The lowest BCUT2D eigenvalue weighted by Gasteiger charge is -2.25. The van der Waals surface area contributed by atoms with Gasteiger partial charge in [0, 0.05) is 30.7 Å². The van der Waals surface area contributed by atoms with Crippen LogP contribution in [0, 0.1) is 18.7 Å². The van der Waals surface area contributed by atoms with Crippen molar-refractivity contribution in [3.63, 3.8) is 0 Å². The van der Waals surface area contributed by atoms with Crippen LogP contribution in [-0.2, 0) is 0 Å². The molecule has 2 aromatic rings. The number of aryl methyl sites for hydroxylation is 1. The van der Waals surface area contributed by atoms with E-state index < -0.39 is 11.2 Å². The maximum Gasteiger partial charge on any atom is 0.329 e. The Kier molecular flexibility index (Phi) is 4.14. The van der Waals surface area contributed by atoms with Crippen LogP contribution in [0.1, 0.15) is 37.8 Å². The van der Waals surface area contributed by atoms with Crippen LogP contribution in [0.3, 0.4) is 0 Å². The van der Waals surface area contributed by atoms with Crippen molar-refractivity contribution >= 4 is 16.6 Å². The Balaban J connectivity index is 1.88. The minimum absolute atomic E-state index is 0.106. The second-order valence-corrected chi connectivity index (χ2v) is 7.66. The number of nitrogens with zero attached hydrogens (tertiary/aromatic N) is 2. The average Bonchev–Trinajstić information content (AvgIpc) is 3.32. The quantitative estimate of drug-likeness (QED) is 0.874. The molecule has 0 spiro atoms. The fourth-order valence-corrected chi connectivity index (χ4v) is 4.27. The number of halogens is 1. The van der Waals surface area contributed by atoms with Gasteiger partial charge in [-0.1, -0.05) is 0 Å². The van der Waals surface area contributed by atoms with E-state index in [2.05, 4.69) is 22.1 Å². The van der Waals surface area contributed by atoms with E-state index in [9.17, 15) is 14.0 Å². The largest absolute Gasteiger partial charge is 0.369 e. The third-order valence-electron chi connectivity index (χ3n) is 6.00. The summed E-state index contributed by atoms with van der Waals surface area (Å²) in [4.78, 5) is 29.0. The first kappa shape index (κ1) is 17.3. The molecule has 1 aliphatic heterocycles. The van der Waals surface area contributed by atoms with Crippen LogP contribution >= 0.6 is 0 Å². The second kappa shape index (κ2) is 6.23. The average molecular weight is 360 g/mol. The molecule has 0 bridgehead atoms. The molecule has 1 aromatic heterocycles. The van der Waals surface area contributed by atoms with Gasteiger partial charge < -0.3 is 10.2 Å². The van der Waals surface area contributed by atoms with E-state index in [1.54, 1.807) is 4.57 Å². The molecular formula is C19H25FN4O2. The molecule has 1 saturated carbocycles. The number of aromatic amines is 1. The van der Waals surface area contributed by atoms with Crippen molar-refractivity contribution in [1.29, 1.82) is 0 Å². The van der Waals surface area contributed by atoms with E-state index >= 15 is 0 Å². The molecule has 1 aromatic carbocycles. The highest BCUT2D eigenvalue weighted by Crippen LogP contribution is 2.39. The summed E-state index contributed by atoms with van der Waals surface area (Å²) in [6, 6.07) is 1.76. The number of anilines is 1. The summed E-state index contributed by atoms with van der Waals surface area (Å²) < 4.78 is 16.6. The van der Waals surface area contributed by atoms with Crippen LogP contribution in [0.15, 0.2) is 15.7 Å². The molecule has 0 radical (unpaired) electrons. The van der Waals surface area contributed by atoms with E-state index in [1.165, 1.54) is 6.07 Å². The van der Waals surface area contributed by atoms with Crippen LogP contribution in [0.25, 0.3) is 10.9 Å². The van der Waals surface area contributed by atoms with Gasteiger partial charge in [0.25, 0.3) is 5.56 Å². The van der Waals surface area contributed by atoms with Gasteiger partial charge in [0.05, 0.1) is 16.6 Å². The summed E-state index contributed by atoms with van der Waals surface area (Å²) >= 11 is 0. The first-order valence-corrected chi connectivity index (χ1v) is 9.32. The van der Waals surface area contributed by atoms with Crippen molar-refractivity contribution in [2.24, 2.45) is 5.92 Å². The summed E-state index contributed by atoms with van der Waals surface area (Å²) in [6.07, 6.45) is 2.82. The molecule has 1 aliphatic carbocycles. The van der Waals surface area contributed by atoms with Crippen molar-refractivity contribution < 1.29 is 4.39 Å². The fourth-order valence-electron chi connectivity index (χ4n) is 4.27. The Labute approximate surface area is 151 Å². The lowest BCUT2D eigenvalue weighted by molar-refractivity contribution is 0.428. The Hall–Kier alpha value is -2.15. The molecule has 2 atom stereocenters. The molecule has 2 unspecified atom stereocenters. The lowest BCUT2D eigenvalue weighted by Crippen LogP contribution is -2.33. The van der Waals surface area contributed by atoms with E-state index in [0.717, 1.165) is 32.4 Å². The normalized spacial score (nSPS) is 21.5. The molecule has 2 heterocycles. The molecule has 7 heteroatoms. The van der Waals surface area contributed by atoms with Gasteiger partial charge in [0.1, 0.15) is 5.82 Å². The van der Waals surface area contributed by atoms with E-state index in [1.807, 2.05) is 14.0 Å². The predicted octanol–water partition coefficient (Wildman–Crippen LogP) is 1.91. The zero-order valence-corrected chi connectivity index (χ0v) is 15.4. The highest BCUT2D eigenvalue weighted by atomic mass is 19.1. The molecule has 2 fully saturated rings. The van der Waals surface area contributed by atoms with Crippen LogP contribution in [0.4, 0.5) is 10.1 Å². The smallest absolute Gasteiger partial charge is 0.329 e. The summed E-state index contributed by atoms with van der Waals surface area (Å²) in [7, 11) is 1.94. The monoisotopic (exact) mass is 360 g/mol. The van der Waals surface area contributed by atoms with E-state index in [4.69, 9.17) is 0 Å². The van der Waals surface area contributed by atoms with Gasteiger partial charge in [-0.15, -0.1) is 0 Å². The second-order valence-electron chi connectivity index (χ2n) is 7.66. The lowest BCUT2D eigenvalue weighted by atomic mass is 10.0. The number of H-pyrrole nitrogens is 1. The van der Waals surface area contributed by atoms with Gasteiger partial charge >= 0.3 is 5.69 Å². The van der Waals surface area contributed by atoms with Crippen LogP contribution < -0.4 is 21.5 Å². The van der Waals surface area contributed by atoms with E-state index in [-0.39, 0.29) is 17.2 Å². The minimum atomic E-state index is -0.515. The summed E-state index contributed by atoms with van der Waals surface area (Å²) in [5.74, 6) is 0.0542. The van der Waals surface area contributed by atoms with Gasteiger partial charge in [-0.25, -0.2) is 9.18 Å². The molecule has 2 N–H and O–H groups in total. The zero-order valence-electron chi connectivity index (χ0n) is 15.4. The van der Waals surface area contributed by atoms with Crippen LogP contribution in [-0.4, -0.2) is 35.7 Å². The van der Waals surface area contributed by atoms with Crippen LogP contribution in [0.2, 0.25) is 0 Å². The molecule has 140 valence electrons. The number of nitrogens with one attached hydrogen (secondary N) is 2. The first-order chi connectivity index (χ1) is 12.4. The standard InChI is InChI=1S/C19H25FN4O2/c1-10-16-14(18(25)22-19(26)24(16)13-4-5-13)8-15(20)17(10)23-7-6-12(9-23)11(2)21-3/h8,11-13,21H,4-7,9H2,1-3H3,(H,22,25,26). The van der Waals surface area contributed by atoms with Crippen molar-refractivity contribution in [2.75, 3.05) is 25.0 Å². The Morgan fingerprint density at radius 3 is 2.69 bits per heavy atom. The highest BCUT2D eigenvalue weighted by Gasteiger charge is 2.32. The van der Waals surface area contributed by atoms with E-state index in [0.29, 0.717) is 28.7 Å². The first-order valence-electron chi connectivity index (χ1n) is 9.32. The van der Waals surface area contributed by atoms with Crippen molar-refractivity contribution in [3.8, 4) is 0 Å². The summed E-state index contributed by atoms with van der Waals surface area (Å²) in [6.45, 7) is 5.51. The minimum Gasteiger partial charge on any atom is -0.369 e. The molecular weight excluding hydrogens is 335 g/mol. The topological polar surface area (TPSA) is 70.1 Å². The number of rotatable bonds is 4. The molecule has 26 heavy (non-hydrogen) atoms. The third-order valence-corrected chi connectivity index (χ3v) is 6.00. The van der Waals surface area contributed by atoms with Gasteiger partial charge in [0.2, 0.25) is 0 Å². The Morgan fingerprint density at radius 1 is 1.31 bits per heavy atom. The number of hydrogen-bond acceptors (Lipinski definition) is 4. The maximum absolute atomic E-state index is 15.0. The molecule has 0 amide bonds. The van der Waals surface area contributed by atoms with Gasteiger partial charge in [-0.2, -0.15) is 0 Å². The van der Waals surface area contributed by atoms with Gasteiger partial charge in [-0.3, -0.25) is 14.3 Å². The summed E-state index contributed by atoms with van der Waals surface area (Å²) in [5, 5.41) is 3.53. The van der Waals surface area contributed by atoms with Crippen molar-refractivity contribution in [3.05, 3.63) is 38.3 Å². The predicted molar refractivity (Wildman–Crippen MR) is 101 cm³/mol. The fraction of sp³-hybridized carbons (Fsp3) is 0.579. The van der Waals surface area contributed by atoms with Crippen molar-refractivity contribution in [1.82, 2.24) is 14.9 Å². The molecule has 6 nitrogen and oxygen atoms in total. The van der Waals surface area contributed by atoms with Gasteiger partial charge in [0.15, 0.2) is 0 Å². The van der Waals surface area contributed by atoms with Crippen molar-refractivity contribution in [2.45, 2.75) is 45.2 Å². The van der Waals surface area contributed by atoms with Gasteiger partial charge in [-0.05, 0) is 52.1 Å². The number of fused-ring (bicyclic) bond motifs is 1. The Morgan fingerprint density at radius 2 is 2.04 bits per heavy atom. The molecule has 2 aliphatic rings. The summed E-state index contributed by atoms with van der Waals surface area (Å²) in [5.41, 5.74) is 0.894. The maximum atomic E-state index is 15.0. The number of aromatic nitrogens is 2. The van der Waals surface area contributed by atoms with Crippen LogP contribution in [0.5, 0.6) is 0 Å². The third kappa shape index (κ3) is 2.65. The number of hydrogen-bond donors (Lipinski definition) is 2. The highest BCUT2D eigenvalue weighted by molar-refractivity contribution is 5.87. The number of benzene rings is 1. The zero-order chi connectivity index (χ0) is 18.6.